The first-order chi connectivity index (χ1) is 11.6. The molecule has 0 radical (unpaired) electrons. The molecule has 0 aliphatic carbocycles. The van der Waals surface area contributed by atoms with E-state index in [1.807, 2.05) is 6.07 Å². The number of carboxylic acids is 1. The van der Waals surface area contributed by atoms with Crippen molar-refractivity contribution in [3.8, 4) is 5.75 Å². The van der Waals surface area contributed by atoms with Crippen LogP contribution in [0.1, 0.15) is 91.7 Å². The lowest BCUT2D eigenvalue weighted by molar-refractivity contribution is -0.145. The molecule has 0 saturated heterocycles. The summed E-state index contributed by atoms with van der Waals surface area (Å²) in [5.74, 6) is -0.169. The third-order valence-electron chi connectivity index (χ3n) is 5.62. The second-order valence-corrected chi connectivity index (χ2v) is 8.27. The first-order valence-corrected chi connectivity index (χ1v) is 9.63. The van der Waals surface area contributed by atoms with Crippen LogP contribution in [0.15, 0.2) is 18.2 Å². The summed E-state index contributed by atoms with van der Waals surface area (Å²) in [7, 11) is 0. The van der Waals surface area contributed by atoms with Crippen LogP contribution in [0.2, 0.25) is 0 Å². The summed E-state index contributed by atoms with van der Waals surface area (Å²) in [6.07, 6.45) is 3.59. The van der Waals surface area contributed by atoms with Crippen molar-refractivity contribution in [1.29, 1.82) is 0 Å². The Morgan fingerprint density at radius 2 is 1.68 bits per heavy atom. The van der Waals surface area contributed by atoms with Crippen molar-refractivity contribution >= 4 is 5.97 Å². The number of hydrogen-bond donors (Lipinski definition) is 1. The lowest BCUT2D eigenvalue weighted by Gasteiger charge is -2.31. The highest BCUT2D eigenvalue weighted by molar-refractivity contribution is 5.72. The standard InChI is InChI=1S/C22H36O3/c1-8-11-12-19(20(23)24)25-18-14-13-16(21(4,5)9-2)15-17(18)22(6,7)10-3/h13-15,19H,8-12H2,1-7H3,(H,23,24). The summed E-state index contributed by atoms with van der Waals surface area (Å²) < 4.78 is 6.00. The van der Waals surface area contributed by atoms with Gasteiger partial charge in [-0.2, -0.15) is 0 Å². The van der Waals surface area contributed by atoms with Gasteiger partial charge in [-0.15, -0.1) is 0 Å². The van der Waals surface area contributed by atoms with E-state index < -0.39 is 12.1 Å². The molecule has 3 nitrogen and oxygen atoms in total. The molecule has 1 aromatic rings. The summed E-state index contributed by atoms with van der Waals surface area (Å²) in [5, 5.41) is 9.51. The molecule has 0 aromatic heterocycles. The molecule has 0 aliphatic rings. The maximum atomic E-state index is 11.6. The zero-order chi connectivity index (χ0) is 19.3. The van der Waals surface area contributed by atoms with E-state index in [2.05, 4.69) is 60.6 Å². The minimum atomic E-state index is -0.883. The highest BCUT2D eigenvalue weighted by atomic mass is 16.5. The molecule has 0 fully saturated rings. The molecule has 0 amide bonds. The first-order valence-electron chi connectivity index (χ1n) is 9.63. The highest BCUT2D eigenvalue weighted by Gasteiger charge is 2.28. The van der Waals surface area contributed by atoms with E-state index in [1.54, 1.807) is 0 Å². The SMILES string of the molecule is CCCCC(Oc1ccc(C(C)(C)CC)cc1C(C)(C)CC)C(=O)O. The van der Waals surface area contributed by atoms with E-state index in [1.165, 1.54) is 5.56 Å². The first kappa shape index (κ1) is 21.5. The predicted octanol–water partition coefficient (Wildman–Crippen LogP) is 6.08. The van der Waals surface area contributed by atoms with Crippen molar-refractivity contribution in [2.75, 3.05) is 0 Å². The Hall–Kier alpha value is -1.51. The van der Waals surface area contributed by atoms with Crippen LogP contribution in [-0.4, -0.2) is 17.2 Å². The predicted molar refractivity (Wildman–Crippen MR) is 105 cm³/mol. The van der Waals surface area contributed by atoms with Crippen molar-refractivity contribution in [2.24, 2.45) is 0 Å². The van der Waals surface area contributed by atoms with E-state index in [-0.39, 0.29) is 10.8 Å². The van der Waals surface area contributed by atoms with Gasteiger partial charge >= 0.3 is 5.97 Å². The molecular formula is C22H36O3. The number of ether oxygens (including phenoxy) is 1. The van der Waals surface area contributed by atoms with E-state index in [4.69, 9.17) is 4.74 Å². The Morgan fingerprint density at radius 1 is 1.08 bits per heavy atom. The van der Waals surface area contributed by atoms with Gasteiger partial charge < -0.3 is 9.84 Å². The number of rotatable bonds is 10. The quantitative estimate of drug-likeness (QED) is 0.557. The minimum Gasteiger partial charge on any atom is -0.479 e. The molecule has 0 heterocycles. The summed E-state index contributed by atoms with van der Waals surface area (Å²) in [6.45, 7) is 15.3. The summed E-state index contributed by atoms with van der Waals surface area (Å²) in [5.41, 5.74) is 2.41. The number of unbranched alkanes of at least 4 members (excludes halogenated alkanes) is 1. The Balaban J connectivity index is 3.32. The second-order valence-electron chi connectivity index (χ2n) is 8.27. The third-order valence-corrected chi connectivity index (χ3v) is 5.62. The Labute approximate surface area is 153 Å². The number of carbonyl (C=O) groups is 1. The van der Waals surface area contributed by atoms with Gasteiger partial charge in [-0.05, 0) is 48.1 Å². The van der Waals surface area contributed by atoms with Crippen molar-refractivity contribution in [3.05, 3.63) is 29.3 Å². The molecular weight excluding hydrogens is 312 g/mol. The normalized spacial score (nSPS) is 13.6. The fourth-order valence-electron chi connectivity index (χ4n) is 2.75. The van der Waals surface area contributed by atoms with Crippen molar-refractivity contribution in [3.63, 3.8) is 0 Å². The zero-order valence-corrected chi connectivity index (χ0v) is 17.1. The highest BCUT2D eigenvalue weighted by Crippen LogP contribution is 2.39. The number of aliphatic carboxylic acids is 1. The lowest BCUT2D eigenvalue weighted by Crippen LogP contribution is -2.29. The van der Waals surface area contributed by atoms with Gasteiger partial charge in [-0.1, -0.05) is 67.0 Å². The van der Waals surface area contributed by atoms with Gasteiger partial charge in [0, 0.05) is 5.56 Å². The third kappa shape index (κ3) is 5.49. The van der Waals surface area contributed by atoms with Crippen LogP contribution in [0.5, 0.6) is 5.75 Å². The zero-order valence-electron chi connectivity index (χ0n) is 17.1. The molecule has 1 N–H and O–H groups in total. The van der Waals surface area contributed by atoms with Crippen molar-refractivity contribution in [1.82, 2.24) is 0 Å². The molecule has 1 unspecified atom stereocenters. The van der Waals surface area contributed by atoms with Crippen LogP contribution in [-0.2, 0) is 15.6 Å². The fraction of sp³-hybridized carbons (Fsp3) is 0.682. The van der Waals surface area contributed by atoms with E-state index >= 15 is 0 Å². The molecule has 0 aliphatic heterocycles. The van der Waals surface area contributed by atoms with Crippen LogP contribution in [0.3, 0.4) is 0 Å². The summed E-state index contributed by atoms with van der Waals surface area (Å²) in [4.78, 5) is 11.6. The van der Waals surface area contributed by atoms with Gasteiger partial charge in [0.2, 0.25) is 0 Å². The second kappa shape index (κ2) is 8.73. The van der Waals surface area contributed by atoms with Gasteiger partial charge in [-0.25, -0.2) is 4.79 Å². The molecule has 1 rings (SSSR count). The average Bonchev–Trinajstić information content (AvgIpc) is 2.58. The number of carboxylic acid groups (broad SMARTS) is 1. The molecule has 142 valence electrons. The maximum Gasteiger partial charge on any atom is 0.344 e. The molecule has 0 bridgehead atoms. The van der Waals surface area contributed by atoms with Crippen LogP contribution in [0.4, 0.5) is 0 Å². The van der Waals surface area contributed by atoms with Crippen molar-refractivity contribution in [2.45, 2.75) is 97.5 Å². The Bertz CT molecular complexity index is 573. The molecule has 25 heavy (non-hydrogen) atoms. The van der Waals surface area contributed by atoms with Crippen LogP contribution in [0, 0.1) is 0 Å². The van der Waals surface area contributed by atoms with E-state index in [9.17, 15) is 9.90 Å². The Kier molecular flexibility index (Phi) is 7.52. The Morgan fingerprint density at radius 3 is 2.16 bits per heavy atom. The van der Waals surface area contributed by atoms with Crippen LogP contribution >= 0.6 is 0 Å². The van der Waals surface area contributed by atoms with E-state index in [0.717, 1.165) is 31.2 Å². The molecule has 0 saturated carbocycles. The monoisotopic (exact) mass is 348 g/mol. The van der Waals surface area contributed by atoms with Crippen LogP contribution in [0.25, 0.3) is 0 Å². The molecule has 1 atom stereocenters. The summed E-state index contributed by atoms with van der Waals surface area (Å²) in [6, 6.07) is 6.29. The minimum absolute atomic E-state index is 0.0665. The number of benzene rings is 1. The molecule has 3 heteroatoms. The van der Waals surface area contributed by atoms with Crippen LogP contribution < -0.4 is 4.74 Å². The van der Waals surface area contributed by atoms with Gasteiger partial charge in [0.1, 0.15) is 5.75 Å². The topological polar surface area (TPSA) is 46.5 Å². The van der Waals surface area contributed by atoms with Gasteiger partial charge in [0.25, 0.3) is 0 Å². The van der Waals surface area contributed by atoms with Gasteiger partial charge in [0.15, 0.2) is 6.10 Å². The largest absolute Gasteiger partial charge is 0.479 e. The average molecular weight is 349 g/mol. The fourth-order valence-corrected chi connectivity index (χ4v) is 2.75. The van der Waals surface area contributed by atoms with Gasteiger partial charge in [-0.3, -0.25) is 0 Å². The summed E-state index contributed by atoms with van der Waals surface area (Å²) >= 11 is 0. The lowest BCUT2D eigenvalue weighted by atomic mass is 9.76. The molecule has 0 spiro atoms. The van der Waals surface area contributed by atoms with Gasteiger partial charge in [0.05, 0.1) is 0 Å². The smallest absolute Gasteiger partial charge is 0.344 e. The van der Waals surface area contributed by atoms with Crippen molar-refractivity contribution < 1.29 is 14.6 Å². The number of hydrogen-bond acceptors (Lipinski definition) is 2. The van der Waals surface area contributed by atoms with E-state index in [0.29, 0.717) is 12.2 Å². The maximum absolute atomic E-state index is 11.6. The molecule has 1 aromatic carbocycles.